The summed E-state index contributed by atoms with van der Waals surface area (Å²) in [5, 5.41) is 6.09. The number of aliphatic imine (C=N–C) groups is 1. The van der Waals surface area contributed by atoms with Crippen LogP contribution in [0.3, 0.4) is 0 Å². The van der Waals surface area contributed by atoms with Crippen molar-refractivity contribution in [2.24, 2.45) is 4.99 Å². The molecule has 0 rings (SSSR count). The van der Waals surface area contributed by atoms with Crippen molar-refractivity contribution in [1.82, 2.24) is 15.5 Å². The van der Waals surface area contributed by atoms with Gasteiger partial charge < -0.3 is 20.3 Å². The Labute approximate surface area is 139 Å². The monoisotopic (exact) mass is 400 g/mol. The van der Waals surface area contributed by atoms with Crippen molar-refractivity contribution >= 4 is 36.0 Å². The van der Waals surface area contributed by atoms with Crippen LogP contribution in [-0.2, 0) is 4.74 Å². The number of nitrogens with zero attached hydrogens (tertiary/aromatic N) is 2. The second kappa shape index (κ2) is 10.1. The normalized spacial score (nSPS) is 13.1. The van der Waals surface area contributed by atoms with E-state index in [0.717, 1.165) is 18.9 Å². The topological polar surface area (TPSA) is 66.0 Å². The average molecular weight is 400 g/mol. The van der Waals surface area contributed by atoms with Gasteiger partial charge in [-0.3, -0.25) is 4.99 Å². The Hall–Kier alpha value is -0.730. The molecule has 0 spiro atoms. The van der Waals surface area contributed by atoms with Crippen LogP contribution in [0.2, 0.25) is 0 Å². The molecular formula is C13H29IN4O2. The molecule has 0 aromatic rings. The smallest absolute Gasteiger partial charge is 0.410 e. The zero-order valence-corrected chi connectivity index (χ0v) is 15.9. The first kappa shape index (κ1) is 21.6. The fraction of sp³-hybridized carbons (Fsp3) is 0.846. The predicted octanol–water partition coefficient (Wildman–Crippen LogP) is 2.04. The summed E-state index contributed by atoms with van der Waals surface area (Å²) in [5.74, 6) is 0.743. The number of hydrogen-bond acceptors (Lipinski definition) is 3. The number of ether oxygens (including phenoxy) is 1. The summed E-state index contributed by atoms with van der Waals surface area (Å²) in [6.07, 6.45) is 0.522. The number of hydrogen-bond donors (Lipinski definition) is 2. The second-order valence-electron chi connectivity index (χ2n) is 5.48. The number of nitrogens with one attached hydrogen (secondary N) is 2. The Morgan fingerprint density at radius 3 is 2.35 bits per heavy atom. The van der Waals surface area contributed by atoms with Crippen molar-refractivity contribution < 1.29 is 9.53 Å². The molecule has 1 atom stereocenters. The summed E-state index contributed by atoms with van der Waals surface area (Å²) in [5.41, 5.74) is -0.461. The molecule has 0 fully saturated rings. The summed E-state index contributed by atoms with van der Waals surface area (Å²) in [6.45, 7) is 8.32. The average Bonchev–Trinajstić information content (AvgIpc) is 2.31. The highest BCUT2D eigenvalue weighted by Crippen LogP contribution is 2.11. The van der Waals surface area contributed by atoms with Gasteiger partial charge in [-0.1, -0.05) is 0 Å². The van der Waals surface area contributed by atoms with Crippen LogP contribution in [0.25, 0.3) is 0 Å². The second-order valence-corrected chi connectivity index (χ2v) is 5.48. The van der Waals surface area contributed by atoms with Crippen molar-refractivity contribution in [2.45, 2.75) is 45.8 Å². The lowest BCUT2D eigenvalue weighted by Gasteiger charge is -2.28. The molecule has 0 heterocycles. The maximum absolute atomic E-state index is 11.9. The summed E-state index contributed by atoms with van der Waals surface area (Å²) >= 11 is 0. The standard InChI is InChI=1S/C13H28N4O2.HI/c1-10(8-9-16-11(14-5)15-6)17(7)12(18)19-13(2,3)4;/h10H,8-9H2,1-7H3,(H2,14,15,16);1H. The van der Waals surface area contributed by atoms with E-state index in [-0.39, 0.29) is 36.1 Å². The highest BCUT2D eigenvalue weighted by molar-refractivity contribution is 14.0. The predicted molar refractivity (Wildman–Crippen MR) is 93.9 cm³/mol. The molecule has 1 unspecified atom stereocenters. The Kier molecular flexibility index (Phi) is 10.9. The molecule has 7 heteroatoms. The van der Waals surface area contributed by atoms with Crippen LogP contribution in [0, 0.1) is 0 Å². The quantitative estimate of drug-likeness (QED) is 0.431. The van der Waals surface area contributed by atoms with Crippen LogP contribution in [-0.4, -0.2) is 56.3 Å². The Morgan fingerprint density at radius 1 is 1.40 bits per heavy atom. The minimum atomic E-state index is -0.461. The van der Waals surface area contributed by atoms with Gasteiger partial charge in [0.25, 0.3) is 0 Å². The number of carbonyl (C=O) groups excluding carboxylic acids is 1. The fourth-order valence-corrected chi connectivity index (χ4v) is 1.39. The van der Waals surface area contributed by atoms with Gasteiger partial charge in [0.05, 0.1) is 0 Å². The number of halogens is 1. The van der Waals surface area contributed by atoms with Crippen LogP contribution in [0.4, 0.5) is 4.79 Å². The SMILES string of the molecule is CN=C(NC)NCCC(C)N(C)C(=O)OC(C)(C)C.I. The van der Waals surface area contributed by atoms with E-state index >= 15 is 0 Å². The number of carbonyl (C=O) groups is 1. The van der Waals surface area contributed by atoms with Gasteiger partial charge in [0.15, 0.2) is 5.96 Å². The largest absolute Gasteiger partial charge is 0.444 e. The molecule has 1 amide bonds. The molecule has 20 heavy (non-hydrogen) atoms. The summed E-state index contributed by atoms with van der Waals surface area (Å²) in [7, 11) is 5.28. The maximum Gasteiger partial charge on any atom is 0.410 e. The zero-order chi connectivity index (χ0) is 15.1. The van der Waals surface area contributed by atoms with Gasteiger partial charge in [-0.15, -0.1) is 24.0 Å². The van der Waals surface area contributed by atoms with Gasteiger partial charge in [0.2, 0.25) is 0 Å². The number of rotatable bonds is 4. The summed E-state index contributed by atoms with van der Waals surface area (Å²) in [6, 6.07) is 0.0947. The highest BCUT2D eigenvalue weighted by Gasteiger charge is 2.22. The molecule has 6 nitrogen and oxygen atoms in total. The molecule has 0 aromatic carbocycles. The molecule has 120 valence electrons. The molecule has 0 radical (unpaired) electrons. The molecule has 0 saturated heterocycles. The Morgan fingerprint density at radius 2 is 1.95 bits per heavy atom. The van der Waals surface area contributed by atoms with Crippen LogP contribution in [0.1, 0.15) is 34.1 Å². The molecule has 0 aliphatic carbocycles. The maximum atomic E-state index is 11.9. The first-order chi connectivity index (χ1) is 8.71. The highest BCUT2D eigenvalue weighted by atomic mass is 127. The molecule has 0 aromatic heterocycles. The van der Waals surface area contributed by atoms with Gasteiger partial charge in [0.1, 0.15) is 5.60 Å². The molecule has 2 N–H and O–H groups in total. The molecule has 0 aliphatic heterocycles. The van der Waals surface area contributed by atoms with Crippen LogP contribution < -0.4 is 10.6 Å². The van der Waals surface area contributed by atoms with Crippen LogP contribution in [0.15, 0.2) is 4.99 Å². The number of amides is 1. The summed E-state index contributed by atoms with van der Waals surface area (Å²) < 4.78 is 5.32. The van der Waals surface area contributed by atoms with E-state index in [1.165, 1.54) is 0 Å². The van der Waals surface area contributed by atoms with Gasteiger partial charge in [-0.2, -0.15) is 0 Å². The van der Waals surface area contributed by atoms with Crippen molar-refractivity contribution in [3.63, 3.8) is 0 Å². The zero-order valence-electron chi connectivity index (χ0n) is 13.6. The lowest BCUT2D eigenvalue weighted by Crippen LogP contribution is -2.42. The minimum Gasteiger partial charge on any atom is -0.444 e. The lowest BCUT2D eigenvalue weighted by molar-refractivity contribution is 0.0230. The van der Waals surface area contributed by atoms with Gasteiger partial charge in [0, 0.05) is 33.7 Å². The van der Waals surface area contributed by atoms with E-state index in [0.29, 0.717) is 0 Å². The summed E-state index contributed by atoms with van der Waals surface area (Å²) in [4.78, 5) is 17.5. The van der Waals surface area contributed by atoms with E-state index in [1.54, 1.807) is 19.0 Å². The van der Waals surface area contributed by atoms with Crippen LogP contribution >= 0.6 is 24.0 Å². The van der Waals surface area contributed by atoms with Crippen molar-refractivity contribution in [2.75, 3.05) is 27.7 Å². The van der Waals surface area contributed by atoms with Crippen molar-refractivity contribution in [3.8, 4) is 0 Å². The number of guanidine groups is 1. The molecule has 0 saturated carbocycles. The molecule has 0 aliphatic rings. The first-order valence-corrected chi connectivity index (χ1v) is 6.55. The van der Waals surface area contributed by atoms with Gasteiger partial charge in [-0.05, 0) is 34.1 Å². The third kappa shape index (κ3) is 9.22. The van der Waals surface area contributed by atoms with Gasteiger partial charge >= 0.3 is 6.09 Å². The third-order valence-electron chi connectivity index (χ3n) is 2.66. The first-order valence-electron chi connectivity index (χ1n) is 6.55. The Balaban J connectivity index is 0. The third-order valence-corrected chi connectivity index (χ3v) is 2.66. The van der Waals surface area contributed by atoms with Gasteiger partial charge in [-0.25, -0.2) is 4.79 Å². The van der Waals surface area contributed by atoms with E-state index in [2.05, 4.69) is 15.6 Å². The van der Waals surface area contributed by atoms with E-state index in [4.69, 9.17) is 4.74 Å². The van der Waals surface area contributed by atoms with Crippen LogP contribution in [0.5, 0.6) is 0 Å². The van der Waals surface area contributed by atoms with E-state index < -0.39 is 5.60 Å². The van der Waals surface area contributed by atoms with E-state index in [9.17, 15) is 4.79 Å². The van der Waals surface area contributed by atoms with Crippen molar-refractivity contribution in [3.05, 3.63) is 0 Å². The lowest BCUT2D eigenvalue weighted by atomic mass is 10.2. The Bertz CT molecular complexity index is 316. The molecular weight excluding hydrogens is 371 g/mol. The van der Waals surface area contributed by atoms with Crippen molar-refractivity contribution in [1.29, 1.82) is 0 Å². The fourth-order valence-electron chi connectivity index (χ4n) is 1.39. The molecule has 0 bridgehead atoms. The minimum absolute atomic E-state index is 0. The van der Waals surface area contributed by atoms with E-state index in [1.807, 2.05) is 34.7 Å².